The quantitative estimate of drug-likeness (QED) is 0.340. The molecule has 0 radical (unpaired) electrons. The number of hydrogen-bond donors (Lipinski definition) is 1. The van der Waals surface area contributed by atoms with Crippen molar-refractivity contribution in [3.8, 4) is 0 Å². The zero-order valence-electron chi connectivity index (χ0n) is 5.84. The van der Waals surface area contributed by atoms with Crippen LogP contribution in [0.2, 0.25) is 3.67 Å². The van der Waals surface area contributed by atoms with Crippen LogP contribution in [-0.4, -0.2) is 45.9 Å². The SMILES string of the molecule is C=CCOC(O)C[CH2][Na]. The van der Waals surface area contributed by atoms with Gasteiger partial charge >= 0.3 is 73.4 Å². The molecule has 0 amide bonds. The molecule has 0 fully saturated rings. The van der Waals surface area contributed by atoms with Crippen LogP contribution in [0.1, 0.15) is 6.42 Å². The molecule has 0 spiro atoms. The molecule has 0 aliphatic carbocycles. The third-order valence-electron chi connectivity index (χ3n) is 0.942. The molecule has 1 atom stereocenters. The summed E-state index contributed by atoms with van der Waals surface area (Å²) >= 11 is 1.13. The summed E-state index contributed by atoms with van der Waals surface area (Å²) in [6.07, 6.45) is 1.83. The van der Waals surface area contributed by atoms with Gasteiger partial charge in [-0.3, -0.25) is 0 Å². The molecule has 1 unspecified atom stereocenters. The van der Waals surface area contributed by atoms with Gasteiger partial charge in [0.2, 0.25) is 0 Å². The summed E-state index contributed by atoms with van der Waals surface area (Å²) in [5.74, 6) is 0. The molecule has 0 saturated carbocycles. The standard InChI is InChI=1S/C6H11O2.Na/c1-3-5-8-6(7)4-2;/h3,6-7H,1-2,4-5H2;. The maximum absolute atomic E-state index is 8.93. The topological polar surface area (TPSA) is 29.5 Å². The van der Waals surface area contributed by atoms with E-state index in [1.54, 1.807) is 6.08 Å². The van der Waals surface area contributed by atoms with Crippen molar-refractivity contribution in [3.63, 3.8) is 0 Å². The van der Waals surface area contributed by atoms with E-state index < -0.39 is 6.29 Å². The zero-order valence-corrected chi connectivity index (χ0v) is 7.84. The van der Waals surface area contributed by atoms with Crippen molar-refractivity contribution < 1.29 is 9.84 Å². The first-order chi connectivity index (χ1) is 4.31. The van der Waals surface area contributed by atoms with Crippen LogP contribution in [0.15, 0.2) is 12.7 Å². The van der Waals surface area contributed by atoms with Crippen molar-refractivity contribution in [2.75, 3.05) is 6.61 Å². The molecule has 1 N–H and O–H groups in total. The van der Waals surface area contributed by atoms with Crippen molar-refractivity contribution in [1.82, 2.24) is 0 Å². The van der Waals surface area contributed by atoms with E-state index >= 15 is 0 Å². The summed E-state index contributed by atoms with van der Waals surface area (Å²) < 4.78 is 5.97. The van der Waals surface area contributed by atoms with Gasteiger partial charge < -0.3 is 0 Å². The van der Waals surface area contributed by atoms with E-state index in [4.69, 9.17) is 9.84 Å². The molecule has 48 valence electrons. The zero-order chi connectivity index (χ0) is 7.11. The van der Waals surface area contributed by atoms with Crippen LogP contribution >= 0.6 is 0 Å². The molecular weight excluding hydrogens is 127 g/mol. The summed E-state index contributed by atoms with van der Waals surface area (Å²) in [4.78, 5) is 0. The number of aliphatic hydroxyl groups excluding tert-OH is 1. The molecule has 3 heteroatoms. The summed E-state index contributed by atoms with van der Waals surface area (Å²) in [7, 11) is 0. The summed E-state index contributed by atoms with van der Waals surface area (Å²) in [5, 5.41) is 8.93. The van der Waals surface area contributed by atoms with Crippen LogP contribution < -0.4 is 0 Å². The molecular formula is C6H11NaO2. The van der Waals surface area contributed by atoms with Crippen molar-refractivity contribution in [2.45, 2.75) is 16.4 Å². The second-order valence-corrected chi connectivity index (χ2v) is 2.87. The van der Waals surface area contributed by atoms with E-state index in [9.17, 15) is 0 Å². The Balaban J connectivity index is 3.04. The maximum atomic E-state index is 8.93. The predicted octanol–water partition coefficient (Wildman–Crippen LogP) is 0.484. The van der Waals surface area contributed by atoms with Gasteiger partial charge in [0.1, 0.15) is 0 Å². The molecule has 0 rings (SSSR count). The molecule has 0 aliphatic heterocycles. The number of rotatable bonds is 5. The third kappa shape index (κ3) is 6.55. The third-order valence-corrected chi connectivity index (χ3v) is 1.52. The Hall–Kier alpha value is 0.660. The van der Waals surface area contributed by atoms with E-state index in [0.717, 1.165) is 38.0 Å². The van der Waals surface area contributed by atoms with Crippen LogP contribution in [0.4, 0.5) is 0 Å². The van der Waals surface area contributed by atoms with Gasteiger partial charge in [-0.15, -0.1) is 0 Å². The first kappa shape index (κ1) is 9.66. The summed E-state index contributed by atoms with van der Waals surface area (Å²) in [6, 6.07) is 0. The Kier molecular flexibility index (Phi) is 7.27. The number of hydrogen-bond acceptors (Lipinski definition) is 2. The van der Waals surface area contributed by atoms with E-state index in [1.807, 2.05) is 0 Å². The summed E-state index contributed by atoms with van der Waals surface area (Å²) in [5.41, 5.74) is 0. The molecule has 2 nitrogen and oxygen atoms in total. The monoisotopic (exact) mass is 138 g/mol. The summed E-state index contributed by atoms with van der Waals surface area (Å²) in [6.45, 7) is 3.91. The molecule has 9 heavy (non-hydrogen) atoms. The molecule has 0 bridgehead atoms. The van der Waals surface area contributed by atoms with E-state index in [-0.39, 0.29) is 0 Å². The van der Waals surface area contributed by atoms with Crippen molar-refractivity contribution >= 4 is 27.9 Å². The predicted molar refractivity (Wildman–Crippen MR) is 37.3 cm³/mol. The van der Waals surface area contributed by atoms with Gasteiger partial charge in [0.05, 0.1) is 0 Å². The Morgan fingerprint density at radius 1 is 1.78 bits per heavy atom. The molecule has 0 aliphatic rings. The molecule has 0 aromatic heterocycles. The first-order valence-electron chi connectivity index (χ1n) is 3.21. The van der Waals surface area contributed by atoms with Gasteiger partial charge in [-0.05, 0) is 0 Å². The molecule has 0 aromatic rings. The van der Waals surface area contributed by atoms with Crippen LogP contribution in [0.5, 0.6) is 0 Å². The van der Waals surface area contributed by atoms with E-state index in [1.165, 1.54) is 0 Å². The average molecular weight is 138 g/mol. The molecule has 0 aromatic carbocycles. The van der Waals surface area contributed by atoms with Crippen LogP contribution in [0.25, 0.3) is 0 Å². The van der Waals surface area contributed by atoms with Gasteiger partial charge in [0, 0.05) is 0 Å². The fraction of sp³-hybridized carbons (Fsp3) is 0.667. The number of aliphatic hydroxyl groups is 1. The Labute approximate surface area is 73.3 Å². The fourth-order valence-electron chi connectivity index (χ4n) is 0.509. The van der Waals surface area contributed by atoms with Crippen molar-refractivity contribution in [2.24, 2.45) is 0 Å². The Morgan fingerprint density at radius 3 is 2.89 bits per heavy atom. The Morgan fingerprint density at radius 2 is 2.44 bits per heavy atom. The van der Waals surface area contributed by atoms with E-state index in [2.05, 4.69) is 6.58 Å². The Bertz CT molecular complexity index is 75.5. The van der Waals surface area contributed by atoms with Gasteiger partial charge in [-0.25, -0.2) is 0 Å². The van der Waals surface area contributed by atoms with Crippen LogP contribution in [0.3, 0.4) is 0 Å². The van der Waals surface area contributed by atoms with Crippen LogP contribution in [0, 0.1) is 0 Å². The molecule has 0 saturated heterocycles. The van der Waals surface area contributed by atoms with Gasteiger partial charge in [0.15, 0.2) is 0 Å². The second kappa shape index (κ2) is 6.78. The van der Waals surface area contributed by atoms with Gasteiger partial charge in [-0.1, -0.05) is 0 Å². The normalized spacial score (nSPS) is 13.2. The van der Waals surface area contributed by atoms with Crippen molar-refractivity contribution in [3.05, 3.63) is 12.7 Å². The van der Waals surface area contributed by atoms with E-state index in [0.29, 0.717) is 6.61 Å². The average Bonchev–Trinajstić information content (AvgIpc) is 1.85. The van der Waals surface area contributed by atoms with Gasteiger partial charge in [-0.2, -0.15) is 0 Å². The number of ether oxygens (including phenoxy) is 1. The van der Waals surface area contributed by atoms with Crippen LogP contribution in [-0.2, 0) is 4.74 Å². The first-order valence-corrected chi connectivity index (χ1v) is 4.63. The second-order valence-electron chi connectivity index (χ2n) is 1.87. The minimum atomic E-state index is -0.569. The van der Waals surface area contributed by atoms with Gasteiger partial charge in [0.25, 0.3) is 0 Å². The fourth-order valence-corrected chi connectivity index (χ4v) is 1.00. The van der Waals surface area contributed by atoms with Crippen molar-refractivity contribution in [1.29, 1.82) is 0 Å². The molecule has 0 heterocycles. The minimum absolute atomic E-state index is 0.447.